The summed E-state index contributed by atoms with van der Waals surface area (Å²) in [5.74, 6) is 0.490. The second-order valence-electron chi connectivity index (χ2n) is 4.84. The van der Waals surface area contributed by atoms with E-state index in [9.17, 15) is 9.18 Å². The van der Waals surface area contributed by atoms with Gasteiger partial charge >= 0.3 is 0 Å². The molecule has 0 saturated carbocycles. The molecule has 0 radical (unpaired) electrons. The number of rotatable bonds is 5. The molecule has 0 unspecified atom stereocenters. The SMILES string of the molecule is O=C1CCN1CCOc1ccc(-c2ccccc2F)nc1. The molecule has 1 aromatic carbocycles. The Hall–Kier alpha value is -2.43. The molecule has 1 amide bonds. The number of β-lactam (4-membered cyclic amide) rings is 1. The van der Waals surface area contributed by atoms with Crippen LogP contribution in [-0.4, -0.2) is 35.5 Å². The molecule has 1 aliphatic rings. The number of ether oxygens (including phenoxy) is 1. The molecule has 1 aliphatic heterocycles. The van der Waals surface area contributed by atoms with Crippen LogP contribution in [0.25, 0.3) is 11.3 Å². The Labute approximate surface area is 122 Å². The predicted octanol–water partition coefficient (Wildman–Crippen LogP) is 2.50. The van der Waals surface area contributed by atoms with E-state index in [2.05, 4.69) is 4.98 Å². The van der Waals surface area contributed by atoms with Gasteiger partial charge in [-0.1, -0.05) is 12.1 Å². The lowest BCUT2D eigenvalue weighted by molar-refractivity contribution is -0.140. The van der Waals surface area contributed by atoms with Gasteiger partial charge < -0.3 is 9.64 Å². The monoisotopic (exact) mass is 286 g/mol. The summed E-state index contributed by atoms with van der Waals surface area (Å²) in [6, 6.07) is 10.00. The van der Waals surface area contributed by atoms with E-state index in [4.69, 9.17) is 4.74 Å². The van der Waals surface area contributed by atoms with Crippen molar-refractivity contribution < 1.29 is 13.9 Å². The zero-order valence-corrected chi connectivity index (χ0v) is 11.5. The molecular formula is C16H15FN2O2. The Kier molecular flexibility index (Phi) is 3.81. The van der Waals surface area contributed by atoms with Crippen LogP contribution in [0.4, 0.5) is 4.39 Å². The van der Waals surface area contributed by atoms with Gasteiger partial charge in [-0.3, -0.25) is 9.78 Å². The number of hydrogen-bond acceptors (Lipinski definition) is 3. The van der Waals surface area contributed by atoms with E-state index in [1.54, 1.807) is 41.4 Å². The minimum atomic E-state index is -0.296. The second kappa shape index (κ2) is 5.91. The molecule has 2 heterocycles. The Morgan fingerprint density at radius 3 is 2.71 bits per heavy atom. The molecule has 3 rings (SSSR count). The third kappa shape index (κ3) is 3.02. The zero-order valence-electron chi connectivity index (χ0n) is 11.5. The summed E-state index contributed by atoms with van der Waals surface area (Å²) in [4.78, 5) is 17.1. The molecule has 4 nitrogen and oxygen atoms in total. The molecule has 2 aromatic rings. The van der Waals surface area contributed by atoms with Crippen molar-refractivity contribution in [2.45, 2.75) is 6.42 Å². The van der Waals surface area contributed by atoms with Gasteiger partial charge in [-0.2, -0.15) is 0 Å². The highest BCUT2D eigenvalue weighted by Gasteiger charge is 2.22. The highest BCUT2D eigenvalue weighted by atomic mass is 19.1. The Morgan fingerprint density at radius 2 is 2.10 bits per heavy atom. The van der Waals surface area contributed by atoms with Crippen molar-refractivity contribution in [2.75, 3.05) is 19.7 Å². The van der Waals surface area contributed by atoms with Crippen molar-refractivity contribution in [2.24, 2.45) is 0 Å². The Bertz CT molecular complexity index is 643. The van der Waals surface area contributed by atoms with Crippen LogP contribution >= 0.6 is 0 Å². The molecule has 0 aliphatic carbocycles. The molecule has 0 bridgehead atoms. The van der Waals surface area contributed by atoms with E-state index < -0.39 is 0 Å². The molecule has 0 N–H and O–H groups in total. The number of amides is 1. The molecule has 1 fully saturated rings. The van der Waals surface area contributed by atoms with Gasteiger partial charge in [0, 0.05) is 18.5 Å². The van der Waals surface area contributed by atoms with Crippen LogP contribution < -0.4 is 4.74 Å². The fourth-order valence-electron chi connectivity index (χ4n) is 2.17. The maximum atomic E-state index is 13.6. The van der Waals surface area contributed by atoms with Gasteiger partial charge in [-0.25, -0.2) is 4.39 Å². The number of likely N-dealkylation sites (tertiary alicyclic amines) is 1. The van der Waals surface area contributed by atoms with E-state index in [0.717, 1.165) is 6.54 Å². The number of halogens is 1. The van der Waals surface area contributed by atoms with Gasteiger partial charge in [0.25, 0.3) is 0 Å². The van der Waals surface area contributed by atoms with Crippen LogP contribution in [-0.2, 0) is 4.79 Å². The average molecular weight is 286 g/mol. The molecule has 1 saturated heterocycles. The summed E-state index contributed by atoms with van der Waals surface area (Å²) in [6.07, 6.45) is 2.21. The molecule has 0 spiro atoms. The molecule has 5 heteroatoms. The largest absolute Gasteiger partial charge is 0.490 e. The Morgan fingerprint density at radius 1 is 1.24 bits per heavy atom. The predicted molar refractivity (Wildman–Crippen MR) is 76.3 cm³/mol. The van der Waals surface area contributed by atoms with E-state index >= 15 is 0 Å². The normalized spacial score (nSPS) is 14.0. The van der Waals surface area contributed by atoms with E-state index in [0.29, 0.717) is 36.6 Å². The van der Waals surface area contributed by atoms with Crippen molar-refractivity contribution in [1.29, 1.82) is 0 Å². The van der Waals surface area contributed by atoms with E-state index in [-0.39, 0.29) is 11.7 Å². The number of carbonyl (C=O) groups excluding carboxylic acids is 1. The van der Waals surface area contributed by atoms with Crippen molar-refractivity contribution in [1.82, 2.24) is 9.88 Å². The average Bonchev–Trinajstić information content (AvgIpc) is 2.51. The highest BCUT2D eigenvalue weighted by molar-refractivity contribution is 5.81. The summed E-state index contributed by atoms with van der Waals surface area (Å²) in [6.45, 7) is 1.84. The van der Waals surface area contributed by atoms with Crippen LogP contribution in [0.15, 0.2) is 42.6 Å². The quantitative estimate of drug-likeness (QED) is 0.793. The summed E-state index contributed by atoms with van der Waals surface area (Å²) in [5.41, 5.74) is 1.04. The number of hydrogen-bond donors (Lipinski definition) is 0. The van der Waals surface area contributed by atoms with Crippen LogP contribution in [0.3, 0.4) is 0 Å². The van der Waals surface area contributed by atoms with Gasteiger partial charge in [0.15, 0.2) is 0 Å². The molecule has 21 heavy (non-hydrogen) atoms. The second-order valence-corrected chi connectivity index (χ2v) is 4.84. The Balaban J connectivity index is 1.59. The van der Waals surface area contributed by atoms with Crippen LogP contribution in [0, 0.1) is 5.82 Å². The maximum absolute atomic E-state index is 13.6. The number of carbonyl (C=O) groups is 1. The topological polar surface area (TPSA) is 42.4 Å². The smallest absolute Gasteiger partial charge is 0.224 e. The minimum Gasteiger partial charge on any atom is -0.490 e. The lowest BCUT2D eigenvalue weighted by Gasteiger charge is -2.30. The van der Waals surface area contributed by atoms with Crippen molar-refractivity contribution in [3.63, 3.8) is 0 Å². The number of nitrogens with zero attached hydrogens (tertiary/aromatic N) is 2. The van der Waals surface area contributed by atoms with Gasteiger partial charge in [0.2, 0.25) is 5.91 Å². The fourth-order valence-corrected chi connectivity index (χ4v) is 2.17. The van der Waals surface area contributed by atoms with Crippen LogP contribution in [0.5, 0.6) is 5.75 Å². The summed E-state index contributed by atoms with van der Waals surface area (Å²) in [7, 11) is 0. The first-order valence-electron chi connectivity index (χ1n) is 6.85. The summed E-state index contributed by atoms with van der Waals surface area (Å²) in [5, 5.41) is 0. The lowest BCUT2D eigenvalue weighted by atomic mass is 10.1. The van der Waals surface area contributed by atoms with Crippen molar-refractivity contribution >= 4 is 5.91 Å². The maximum Gasteiger partial charge on any atom is 0.224 e. The van der Waals surface area contributed by atoms with Crippen LogP contribution in [0.1, 0.15) is 6.42 Å². The van der Waals surface area contributed by atoms with E-state index in [1.165, 1.54) is 6.07 Å². The highest BCUT2D eigenvalue weighted by Crippen LogP contribution is 2.22. The molecular weight excluding hydrogens is 271 g/mol. The minimum absolute atomic E-state index is 0.173. The summed E-state index contributed by atoms with van der Waals surface area (Å²) < 4.78 is 19.2. The molecule has 108 valence electrons. The van der Waals surface area contributed by atoms with Gasteiger partial charge in [0.1, 0.15) is 18.2 Å². The van der Waals surface area contributed by atoms with Gasteiger partial charge in [-0.05, 0) is 24.3 Å². The van der Waals surface area contributed by atoms with Gasteiger partial charge in [-0.15, -0.1) is 0 Å². The molecule has 1 aromatic heterocycles. The van der Waals surface area contributed by atoms with E-state index in [1.807, 2.05) is 0 Å². The third-order valence-electron chi connectivity index (χ3n) is 3.46. The summed E-state index contributed by atoms with van der Waals surface area (Å²) >= 11 is 0. The zero-order chi connectivity index (χ0) is 14.7. The number of aromatic nitrogens is 1. The number of benzene rings is 1. The number of pyridine rings is 1. The first-order valence-corrected chi connectivity index (χ1v) is 6.85. The van der Waals surface area contributed by atoms with Gasteiger partial charge in [0.05, 0.1) is 18.4 Å². The molecule has 0 atom stereocenters. The van der Waals surface area contributed by atoms with Crippen molar-refractivity contribution in [3.8, 4) is 17.0 Å². The third-order valence-corrected chi connectivity index (χ3v) is 3.46. The standard InChI is InChI=1S/C16H15FN2O2/c17-14-4-2-1-3-13(14)15-6-5-12(11-18-15)21-10-9-19-8-7-16(19)20/h1-6,11H,7-10H2. The van der Waals surface area contributed by atoms with Crippen LogP contribution in [0.2, 0.25) is 0 Å². The first kappa shape index (κ1) is 13.5. The lowest BCUT2D eigenvalue weighted by Crippen LogP contribution is -2.45. The fraction of sp³-hybridized carbons (Fsp3) is 0.250. The first-order chi connectivity index (χ1) is 10.2. The van der Waals surface area contributed by atoms with Crippen molar-refractivity contribution in [3.05, 3.63) is 48.4 Å².